The molecule has 1 aliphatic rings. The molecular formula is C14H19N3OS. The Labute approximate surface area is 118 Å². The van der Waals surface area contributed by atoms with E-state index in [9.17, 15) is 4.79 Å². The van der Waals surface area contributed by atoms with Crippen LogP contribution in [0, 0.1) is 5.92 Å². The third-order valence-corrected chi connectivity index (χ3v) is 4.98. The number of amidine groups is 1. The lowest BCUT2D eigenvalue weighted by molar-refractivity contribution is -0.120. The topological polar surface area (TPSA) is 54.4 Å². The molecule has 0 bridgehead atoms. The molecule has 0 aromatic carbocycles. The van der Waals surface area contributed by atoms with Crippen LogP contribution in [0.1, 0.15) is 39.4 Å². The maximum absolute atomic E-state index is 12.0. The third kappa shape index (κ3) is 2.81. The summed E-state index contributed by atoms with van der Waals surface area (Å²) in [5.41, 5.74) is 0.941. The largest absolute Gasteiger partial charge is 0.356 e. The highest BCUT2D eigenvalue weighted by atomic mass is 32.2. The Balaban J connectivity index is 2.06. The van der Waals surface area contributed by atoms with Crippen molar-refractivity contribution in [3.05, 3.63) is 30.1 Å². The van der Waals surface area contributed by atoms with E-state index in [0.717, 1.165) is 5.69 Å². The number of hydrogen-bond donors (Lipinski definition) is 1. The minimum Gasteiger partial charge on any atom is -0.356 e. The molecule has 0 fully saturated rings. The predicted molar refractivity (Wildman–Crippen MR) is 79.1 cm³/mol. The molecule has 2 heterocycles. The molecule has 5 heteroatoms. The summed E-state index contributed by atoms with van der Waals surface area (Å²) in [6.45, 7) is 8.06. The van der Waals surface area contributed by atoms with Gasteiger partial charge in [-0.25, -0.2) is 0 Å². The van der Waals surface area contributed by atoms with Gasteiger partial charge in [-0.1, -0.05) is 31.7 Å². The first-order valence-corrected chi connectivity index (χ1v) is 7.24. The van der Waals surface area contributed by atoms with Gasteiger partial charge >= 0.3 is 0 Å². The maximum atomic E-state index is 12.0. The van der Waals surface area contributed by atoms with Crippen molar-refractivity contribution < 1.29 is 4.79 Å². The van der Waals surface area contributed by atoms with Gasteiger partial charge in [0.25, 0.3) is 5.91 Å². The number of thioether (sulfide) groups is 1. The second kappa shape index (κ2) is 5.33. The molecule has 1 aromatic heterocycles. The smallest absolute Gasteiger partial charge is 0.264 e. The first-order valence-electron chi connectivity index (χ1n) is 6.43. The van der Waals surface area contributed by atoms with Gasteiger partial charge < -0.3 is 5.32 Å². The van der Waals surface area contributed by atoms with E-state index in [-0.39, 0.29) is 17.9 Å². The van der Waals surface area contributed by atoms with Crippen LogP contribution < -0.4 is 5.32 Å². The van der Waals surface area contributed by atoms with Gasteiger partial charge in [0.15, 0.2) is 5.17 Å². The predicted octanol–water partition coefficient (Wildman–Crippen LogP) is 2.78. The van der Waals surface area contributed by atoms with Crippen LogP contribution in [0.5, 0.6) is 0 Å². The van der Waals surface area contributed by atoms with Crippen molar-refractivity contribution in [3.63, 3.8) is 0 Å². The Hall–Kier alpha value is -1.36. The molecule has 1 aliphatic heterocycles. The van der Waals surface area contributed by atoms with Gasteiger partial charge in [-0.2, -0.15) is 4.99 Å². The lowest BCUT2D eigenvalue weighted by atomic mass is 9.96. The van der Waals surface area contributed by atoms with Gasteiger partial charge in [0, 0.05) is 6.20 Å². The monoisotopic (exact) mass is 277 g/mol. The zero-order chi connectivity index (χ0) is 14.0. The van der Waals surface area contributed by atoms with Crippen LogP contribution in [0.25, 0.3) is 0 Å². The van der Waals surface area contributed by atoms with Crippen molar-refractivity contribution in [1.29, 1.82) is 0 Å². The van der Waals surface area contributed by atoms with Gasteiger partial charge in [-0.05, 0) is 31.9 Å². The van der Waals surface area contributed by atoms with Crippen molar-refractivity contribution >= 4 is 22.8 Å². The number of rotatable bonds is 3. The Morgan fingerprint density at radius 3 is 2.58 bits per heavy atom. The number of carbonyl (C=O) groups is 1. The lowest BCUT2D eigenvalue weighted by Gasteiger charge is -2.24. The molecule has 0 saturated carbocycles. The summed E-state index contributed by atoms with van der Waals surface area (Å²) < 4.78 is -0.452. The number of nitrogens with one attached hydrogen (secondary N) is 1. The average Bonchev–Trinajstić information content (AvgIpc) is 2.67. The molecule has 0 spiro atoms. The minimum atomic E-state index is -0.452. The number of pyridine rings is 1. The molecule has 0 saturated heterocycles. The third-order valence-electron chi connectivity index (χ3n) is 3.51. The first kappa shape index (κ1) is 14.1. The summed E-state index contributed by atoms with van der Waals surface area (Å²) in [5, 5.41) is 3.96. The van der Waals surface area contributed by atoms with E-state index >= 15 is 0 Å². The second-order valence-electron chi connectivity index (χ2n) is 5.21. The van der Waals surface area contributed by atoms with Crippen molar-refractivity contribution in [1.82, 2.24) is 10.3 Å². The molecule has 1 aromatic rings. The van der Waals surface area contributed by atoms with Crippen molar-refractivity contribution in [2.24, 2.45) is 10.9 Å². The van der Waals surface area contributed by atoms with Crippen LogP contribution in [0.2, 0.25) is 0 Å². The van der Waals surface area contributed by atoms with Crippen molar-refractivity contribution in [2.45, 2.75) is 38.5 Å². The maximum Gasteiger partial charge on any atom is 0.264 e. The van der Waals surface area contributed by atoms with E-state index in [1.54, 1.807) is 6.20 Å². The Bertz CT molecular complexity index is 501. The molecule has 2 rings (SSSR count). The van der Waals surface area contributed by atoms with Gasteiger partial charge in [-0.15, -0.1) is 0 Å². The van der Waals surface area contributed by atoms with Crippen LogP contribution in [-0.4, -0.2) is 20.8 Å². The molecule has 102 valence electrons. The van der Waals surface area contributed by atoms with Gasteiger partial charge in [0.05, 0.1) is 11.7 Å². The fraction of sp³-hybridized carbons (Fsp3) is 0.500. The SMILES string of the molecule is CC(C)[C@@]1(C)SC(N[C@@H](C)c2ccccn2)=NC1=O. The van der Waals surface area contributed by atoms with Crippen LogP contribution >= 0.6 is 11.8 Å². The van der Waals surface area contributed by atoms with E-state index in [1.807, 2.05) is 45.9 Å². The summed E-state index contributed by atoms with van der Waals surface area (Å²) in [4.78, 5) is 20.4. The van der Waals surface area contributed by atoms with Crippen molar-refractivity contribution in [2.75, 3.05) is 0 Å². The fourth-order valence-electron chi connectivity index (χ4n) is 1.79. The molecule has 4 nitrogen and oxygen atoms in total. The summed E-state index contributed by atoms with van der Waals surface area (Å²) in [6, 6.07) is 5.83. The second-order valence-corrected chi connectivity index (χ2v) is 6.65. The summed E-state index contributed by atoms with van der Waals surface area (Å²) in [6.07, 6.45) is 1.76. The van der Waals surface area contributed by atoms with Crippen LogP contribution in [0.3, 0.4) is 0 Å². The standard InChI is InChI=1S/C14H19N3OS/c1-9(2)14(4)12(18)17-13(19-14)16-10(3)11-7-5-6-8-15-11/h5-10H,1-4H3,(H,16,17,18)/t10-,14+/m0/s1. The molecule has 0 aliphatic carbocycles. The quantitative estimate of drug-likeness (QED) is 0.923. The van der Waals surface area contributed by atoms with E-state index in [4.69, 9.17) is 0 Å². The van der Waals surface area contributed by atoms with Crippen LogP contribution in [-0.2, 0) is 4.79 Å². The van der Waals surface area contributed by atoms with Gasteiger partial charge in [0.1, 0.15) is 4.75 Å². The Morgan fingerprint density at radius 1 is 1.32 bits per heavy atom. The van der Waals surface area contributed by atoms with E-state index < -0.39 is 4.75 Å². The van der Waals surface area contributed by atoms with E-state index in [2.05, 4.69) is 15.3 Å². The fourth-order valence-corrected chi connectivity index (χ4v) is 2.92. The molecule has 19 heavy (non-hydrogen) atoms. The number of carbonyl (C=O) groups excluding carboxylic acids is 1. The number of nitrogens with zero attached hydrogens (tertiary/aromatic N) is 2. The Kier molecular flexibility index (Phi) is 3.94. The van der Waals surface area contributed by atoms with Gasteiger partial charge in [0.2, 0.25) is 0 Å². The summed E-state index contributed by atoms with van der Waals surface area (Å²) >= 11 is 1.51. The molecule has 1 amide bonds. The average molecular weight is 277 g/mol. The minimum absolute atomic E-state index is 0.0368. The highest BCUT2D eigenvalue weighted by Gasteiger charge is 2.43. The normalized spacial score (nSPS) is 24.5. The molecule has 1 N–H and O–H groups in total. The molecule has 0 unspecified atom stereocenters. The van der Waals surface area contributed by atoms with E-state index in [0.29, 0.717) is 5.17 Å². The van der Waals surface area contributed by atoms with Gasteiger partial charge in [-0.3, -0.25) is 9.78 Å². The van der Waals surface area contributed by atoms with Crippen molar-refractivity contribution in [3.8, 4) is 0 Å². The zero-order valence-corrected chi connectivity index (χ0v) is 12.5. The zero-order valence-electron chi connectivity index (χ0n) is 11.7. The number of amides is 1. The summed E-state index contributed by atoms with van der Waals surface area (Å²) in [5.74, 6) is 0.196. The van der Waals surface area contributed by atoms with Crippen LogP contribution in [0.4, 0.5) is 0 Å². The summed E-state index contributed by atoms with van der Waals surface area (Å²) in [7, 11) is 0. The highest BCUT2D eigenvalue weighted by Crippen LogP contribution is 2.39. The molecule has 2 atom stereocenters. The number of aromatic nitrogens is 1. The first-order chi connectivity index (χ1) is 8.93. The highest BCUT2D eigenvalue weighted by molar-refractivity contribution is 8.16. The number of hydrogen-bond acceptors (Lipinski definition) is 4. The molecule has 0 radical (unpaired) electrons. The lowest BCUT2D eigenvalue weighted by Crippen LogP contribution is -2.34. The van der Waals surface area contributed by atoms with E-state index in [1.165, 1.54) is 11.8 Å². The van der Waals surface area contributed by atoms with Crippen LogP contribution in [0.15, 0.2) is 29.4 Å². The molecular weight excluding hydrogens is 258 g/mol. The Morgan fingerprint density at radius 2 is 2.05 bits per heavy atom. The number of aliphatic imine (C=N–C) groups is 1.